The monoisotopic (exact) mass is 364 g/mol. The first-order chi connectivity index (χ1) is 13.1. The molecule has 1 aliphatic heterocycles. The lowest BCUT2D eigenvalue weighted by atomic mass is 9.84. The number of ether oxygens (including phenoxy) is 1. The van der Waals surface area contributed by atoms with Gasteiger partial charge in [-0.15, -0.1) is 0 Å². The number of hydrogen-bond donors (Lipinski definition) is 2. The number of pyridine rings is 1. The Hall–Kier alpha value is -3.15. The summed E-state index contributed by atoms with van der Waals surface area (Å²) in [5, 5.41) is 7.10. The number of carbonyl (C=O) groups excluding carboxylic acids is 1. The minimum absolute atomic E-state index is 0.0865. The Morgan fingerprint density at radius 1 is 1.30 bits per heavy atom. The fourth-order valence-electron chi connectivity index (χ4n) is 3.22. The molecule has 3 rings (SSSR count). The van der Waals surface area contributed by atoms with E-state index in [1.807, 2.05) is 24.3 Å². The second-order valence-electron chi connectivity index (χ2n) is 6.42. The van der Waals surface area contributed by atoms with E-state index in [4.69, 9.17) is 4.74 Å². The Balaban J connectivity index is 1.75. The fourth-order valence-corrected chi connectivity index (χ4v) is 3.22. The molecule has 2 N–H and O–H groups in total. The molecule has 1 aromatic heterocycles. The van der Waals surface area contributed by atoms with E-state index in [1.54, 1.807) is 18.5 Å². The predicted molar refractivity (Wildman–Crippen MR) is 107 cm³/mol. The molecule has 0 aliphatic carbocycles. The van der Waals surface area contributed by atoms with Crippen molar-refractivity contribution in [3.63, 3.8) is 0 Å². The van der Waals surface area contributed by atoms with Gasteiger partial charge in [-0.05, 0) is 36.6 Å². The van der Waals surface area contributed by atoms with Crippen molar-refractivity contribution in [3.05, 3.63) is 66.5 Å². The van der Waals surface area contributed by atoms with E-state index in [2.05, 4.69) is 47.1 Å². The molecule has 140 valence electrons. The molecule has 6 nitrogen and oxygen atoms in total. The summed E-state index contributed by atoms with van der Waals surface area (Å²) in [6.07, 6.45) is 6.56. The second-order valence-corrected chi connectivity index (χ2v) is 6.42. The molecule has 0 saturated carbocycles. The van der Waals surface area contributed by atoms with Crippen molar-refractivity contribution in [1.29, 1.82) is 0 Å². The number of carbonyl (C=O) groups is 1. The van der Waals surface area contributed by atoms with Crippen LogP contribution in [-0.4, -0.2) is 23.7 Å². The highest BCUT2D eigenvalue weighted by Gasteiger charge is 2.30. The highest BCUT2D eigenvalue weighted by atomic mass is 16.5. The molecule has 1 aromatic carbocycles. The van der Waals surface area contributed by atoms with Crippen molar-refractivity contribution in [2.75, 3.05) is 6.61 Å². The topological polar surface area (TPSA) is 75.6 Å². The molecule has 6 heteroatoms. The van der Waals surface area contributed by atoms with Gasteiger partial charge in [-0.3, -0.25) is 9.78 Å². The number of nitrogens with one attached hydrogen (secondary N) is 2. The fraction of sp³-hybridized carbons (Fsp3) is 0.286. The zero-order chi connectivity index (χ0) is 19.3. The van der Waals surface area contributed by atoms with Crippen molar-refractivity contribution in [2.45, 2.75) is 32.2 Å². The van der Waals surface area contributed by atoms with Crippen LogP contribution < -0.4 is 10.6 Å². The summed E-state index contributed by atoms with van der Waals surface area (Å²) in [5.41, 5.74) is 1.55. The lowest BCUT2D eigenvalue weighted by Gasteiger charge is -2.34. The van der Waals surface area contributed by atoms with Gasteiger partial charge in [0.1, 0.15) is 5.82 Å². The molecule has 0 atom stereocenters. The average Bonchev–Trinajstić information content (AvgIpc) is 2.70. The average molecular weight is 364 g/mol. The summed E-state index contributed by atoms with van der Waals surface area (Å²) >= 11 is 0. The van der Waals surface area contributed by atoms with Crippen molar-refractivity contribution in [1.82, 2.24) is 15.6 Å². The Kier molecular flexibility index (Phi) is 5.54. The molecule has 2 aromatic rings. The molecule has 1 aliphatic rings. The molecule has 0 unspecified atom stereocenters. The summed E-state index contributed by atoms with van der Waals surface area (Å²) in [6, 6.07) is 10.1. The Labute approximate surface area is 159 Å². The summed E-state index contributed by atoms with van der Waals surface area (Å²) in [7, 11) is 0. The zero-order valence-electron chi connectivity index (χ0n) is 15.7. The molecule has 0 spiro atoms. The molecular weight excluding hydrogens is 340 g/mol. The minimum Gasteiger partial charge on any atom is -0.469 e. The van der Waals surface area contributed by atoms with Gasteiger partial charge in [0.05, 0.1) is 11.1 Å². The lowest BCUT2D eigenvalue weighted by molar-refractivity contribution is -0.126. The molecule has 0 bridgehead atoms. The molecule has 2 heterocycles. The van der Waals surface area contributed by atoms with Crippen LogP contribution in [0.1, 0.15) is 32.3 Å². The third-order valence-electron chi connectivity index (χ3n) is 4.82. The first-order valence-electron chi connectivity index (χ1n) is 9.05. The Morgan fingerprint density at radius 3 is 2.85 bits per heavy atom. The molecule has 0 saturated heterocycles. The number of rotatable bonds is 7. The third-order valence-corrected chi connectivity index (χ3v) is 4.82. The van der Waals surface area contributed by atoms with Crippen LogP contribution in [0.3, 0.4) is 0 Å². The summed E-state index contributed by atoms with van der Waals surface area (Å²) in [4.78, 5) is 20.9. The van der Waals surface area contributed by atoms with Crippen LogP contribution in [-0.2, 0) is 15.1 Å². The number of hydrogen-bond acceptors (Lipinski definition) is 5. The second kappa shape index (κ2) is 8.03. The van der Waals surface area contributed by atoms with Crippen molar-refractivity contribution < 1.29 is 9.53 Å². The number of aromatic nitrogens is 1. The maximum Gasteiger partial charge on any atom is 0.258 e. The van der Waals surface area contributed by atoms with Crippen molar-refractivity contribution in [3.8, 4) is 0 Å². The van der Waals surface area contributed by atoms with Gasteiger partial charge in [-0.2, -0.15) is 0 Å². The van der Waals surface area contributed by atoms with Gasteiger partial charge in [0.25, 0.3) is 5.91 Å². The van der Waals surface area contributed by atoms with Gasteiger partial charge in [0.2, 0.25) is 0 Å². The molecule has 1 amide bonds. The van der Waals surface area contributed by atoms with Crippen molar-refractivity contribution in [2.24, 2.45) is 4.99 Å². The van der Waals surface area contributed by atoms with Crippen LogP contribution in [0.5, 0.6) is 0 Å². The van der Waals surface area contributed by atoms with Gasteiger partial charge >= 0.3 is 0 Å². The van der Waals surface area contributed by atoms with Crippen molar-refractivity contribution >= 4 is 23.0 Å². The molecule has 0 fully saturated rings. The Morgan fingerprint density at radius 2 is 2.11 bits per heavy atom. The SMILES string of the molecule is C=C1N=CC=C(OCC(=O)NC(CC)(CC)c2ccc3ncccc3c2)N1. The quantitative estimate of drug-likeness (QED) is 0.790. The third kappa shape index (κ3) is 4.16. The van der Waals surface area contributed by atoms with Crippen LogP contribution in [0, 0.1) is 0 Å². The first kappa shape index (κ1) is 18.6. The van der Waals surface area contributed by atoms with Crippen LogP contribution in [0.25, 0.3) is 10.9 Å². The van der Waals surface area contributed by atoms with Crippen LogP contribution in [0.2, 0.25) is 0 Å². The standard InChI is InChI=1S/C21H24N4O2/c1-4-21(5-2,17-8-9-18-16(13-17)7-6-11-23-18)25-19(26)14-27-20-10-12-22-15(3)24-20/h6-13,24H,3-5,14H2,1-2H3,(H,25,26). The molecule has 0 radical (unpaired) electrons. The number of aliphatic imine (C=N–C) groups is 1. The van der Waals surface area contributed by atoms with Crippen LogP contribution >= 0.6 is 0 Å². The van der Waals surface area contributed by atoms with Gasteiger partial charge in [0, 0.05) is 23.9 Å². The van der Waals surface area contributed by atoms with E-state index >= 15 is 0 Å². The maximum absolute atomic E-state index is 12.6. The lowest BCUT2D eigenvalue weighted by Crippen LogP contribution is -2.46. The number of nitrogens with zero attached hydrogens (tertiary/aromatic N) is 2. The largest absolute Gasteiger partial charge is 0.469 e. The highest BCUT2D eigenvalue weighted by Crippen LogP contribution is 2.30. The van der Waals surface area contributed by atoms with Crippen LogP contribution in [0.15, 0.2) is 65.9 Å². The van der Waals surface area contributed by atoms with Gasteiger partial charge in [0.15, 0.2) is 12.5 Å². The number of amides is 1. The maximum atomic E-state index is 12.6. The number of benzene rings is 1. The summed E-state index contributed by atoms with van der Waals surface area (Å²) in [5.74, 6) is 0.760. The van der Waals surface area contributed by atoms with E-state index in [-0.39, 0.29) is 12.5 Å². The van der Waals surface area contributed by atoms with E-state index in [0.717, 1.165) is 29.3 Å². The number of allylic oxidation sites excluding steroid dienone is 1. The van der Waals surface area contributed by atoms with E-state index in [0.29, 0.717) is 11.7 Å². The minimum atomic E-state index is -0.454. The highest BCUT2D eigenvalue weighted by molar-refractivity contribution is 5.81. The smallest absolute Gasteiger partial charge is 0.258 e. The van der Waals surface area contributed by atoms with E-state index < -0.39 is 5.54 Å². The van der Waals surface area contributed by atoms with Crippen LogP contribution in [0.4, 0.5) is 0 Å². The first-order valence-corrected chi connectivity index (χ1v) is 9.05. The molecular formula is C21H24N4O2. The van der Waals surface area contributed by atoms with E-state index in [9.17, 15) is 4.79 Å². The van der Waals surface area contributed by atoms with Gasteiger partial charge < -0.3 is 15.4 Å². The summed E-state index contributed by atoms with van der Waals surface area (Å²) < 4.78 is 5.53. The van der Waals surface area contributed by atoms with Gasteiger partial charge in [-0.1, -0.05) is 32.6 Å². The van der Waals surface area contributed by atoms with Gasteiger partial charge in [-0.25, -0.2) is 4.99 Å². The normalized spacial score (nSPS) is 13.9. The Bertz CT molecular complexity index is 913. The predicted octanol–water partition coefficient (Wildman–Crippen LogP) is 3.37. The molecule has 27 heavy (non-hydrogen) atoms. The number of fused-ring (bicyclic) bond motifs is 1. The summed E-state index contributed by atoms with van der Waals surface area (Å²) in [6.45, 7) is 7.77. The van der Waals surface area contributed by atoms with E-state index in [1.165, 1.54) is 0 Å². The zero-order valence-corrected chi connectivity index (χ0v) is 15.7.